The molecule has 2 N–H and O–H groups in total. The quantitative estimate of drug-likeness (QED) is 0.554. The molecule has 1 aromatic carbocycles. The summed E-state index contributed by atoms with van der Waals surface area (Å²) in [6, 6.07) is 13.4. The molecule has 0 fully saturated rings. The van der Waals surface area contributed by atoms with Crippen LogP contribution in [0, 0.1) is 0 Å². The van der Waals surface area contributed by atoms with Crippen molar-refractivity contribution in [3.05, 3.63) is 59.9 Å². The van der Waals surface area contributed by atoms with Gasteiger partial charge in [0.2, 0.25) is 0 Å². The minimum Gasteiger partial charge on any atom is -0.378 e. The molecule has 3 rings (SSSR count). The van der Waals surface area contributed by atoms with Crippen molar-refractivity contribution >= 4 is 17.8 Å². The van der Waals surface area contributed by atoms with Gasteiger partial charge in [0.1, 0.15) is 11.4 Å². The molecule has 0 spiro atoms. The number of hydrogen-bond donors (Lipinski definition) is 2. The first kappa shape index (κ1) is 16.5. The van der Waals surface area contributed by atoms with Crippen molar-refractivity contribution in [2.75, 3.05) is 19.0 Å². The van der Waals surface area contributed by atoms with Gasteiger partial charge in [0, 0.05) is 33.0 Å². The molecule has 0 aliphatic carbocycles. The van der Waals surface area contributed by atoms with Crippen LogP contribution in [-0.4, -0.2) is 41.0 Å². The van der Waals surface area contributed by atoms with Crippen molar-refractivity contribution in [2.24, 2.45) is 12.1 Å². The molecular weight excluding hydrogens is 316 g/mol. The van der Waals surface area contributed by atoms with E-state index in [4.69, 9.17) is 0 Å². The van der Waals surface area contributed by atoms with E-state index in [0.29, 0.717) is 11.4 Å². The Hall–Kier alpha value is -3.35. The van der Waals surface area contributed by atoms with Crippen LogP contribution in [0.1, 0.15) is 16.1 Å². The van der Waals surface area contributed by atoms with E-state index in [1.807, 2.05) is 73.2 Å². The number of aryl methyl sites for hydroxylation is 1. The van der Waals surface area contributed by atoms with E-state index in [2.05, 4.69) is 20.7 Å². The number of amides is 1. The fraction of sp³-hybridized carbons (Fsp3) is 0.167. The molecule has 128 valence electrons. The van der Waals surface area contributed by atoms with Crippen LogP contribution in [0.4, 0.5) is 5.69 Å². The van der Waals surface area contributed by atoms with E-state index in [-0.39, 0.29) is 5.91 Å². The molecule has 2 heterocycles. The lowest BCUT2D eigenvalue weighted by Crippen LogP contribution is -2.18. The molecule has 3 aromatic rings. The standard InChI is InChI=1S/C18H20N6O/c1-23(2)14-8-6-13(7-9-14)12-19-22-18(25)16-11-15(20-21-16)17-5-4-10-24(17)3/h4-12H,1-3H3,(H,20,21)(H,22,25)/b19-12-. The Balaban J connectivity index is 1.63. The Morgan fingerprint density at radius 3 is 2.68 bits per heavy atom. The van der Waals surface area contributed by atoms with E-state index in [1.54, 1.807) is 12.3 Å². The maximum absolute atomic E-state index is 12.1. The van der Waals surface area contributed by atoms with Gasteiger partial charge in [0.25, 0.3) is 5.91 Å². The fourth-order valence-electron chi connectivity index (χ4n) is 2.38. The summed E-state index contributed by atoms with van der Waals surface area (Å²) >= 11 is 0. The van der Waals surface area contributed by atoms with Gasteiger partial charge in [-0.3, -0.25) is 9.89 Å². The van der Waals surface area contributed by atoms with Gasteiger partial charge in [-0.2, -0.15) is 10.2 Å². The highest BCUT2D eigenvalue weighted by Gasteiger charge is 2.11. The van der Waals surface area contributed by atoms with Crippen molar-refractivity contribution in [1.82, 2.24) is 20.2 Å². The van der Waals surface area contributed by atoms with E-state index in [1.165, 1.54) is 0 Å². The molecule has 25 heavy (non-hydrogen) atoms. The zero-order chi connectivity index (χ0) is 17.8. The fourth-order valence-corrected chi connectivity index (χ4v) is 2.38. The van der Waals surface area contributed by atoms with Crippen LogP contribution in [0.3, 0.4) is 0 Å². The Morgan fingerprint density at radius 1 is 1.28 bits per heavy atom. The Kier molecular flexibility index (Phi) is 4.65. The number of nitrogens with one attached hydrogen (secondary N) is 2. The topological polar surface area (TPSA) is 78.3 Å². The third kappa shape index (κ3) is 3.77. The molecule has 0 aliphatic heterocycles. The number of carbonyl (C=O) groups is 1. The van der Waals surface area contributed by atoms with Crippen LogP contribution in [0.15, 0.2) is 53.8 Å². The molecule has 0 unspecified atom stereocenters. The van der Waals surface area contributed by atoms with Gasteiger partial charge in [-0.15, -0.1) is 0 Å². The summed E-state index contributed by atoms with van der Waals surface area (Å²) in [5.74, 6) is -0.339. The lowest BCUT2D eigenvalue weighted by Gasteiger charge is -2.11. The Morgan fingerprint density at radius 2 is 2.04 bits per heavy atom. The minimum atomic E-state index is -0.339. The number of aromatic amines is 1. The van der Waals surface area contributed by atoms with Gasteiger partial charge in [0.05, 0.1) is 11.9 Å². The van der Waals surface area contributed by atoms with Gasteiger partial charge < -0.3 is 9.47 Å². The zero-order valence-electron chi connectivity index (χ0n) is 14.4. The maximum Gasteiger partial charge on any atom is 0.289 e. The maximum atomic E-state index is 12.1. The molecule has 0 saturated carbocycles. The second-order valence-corrected chi connectivity index (χ2v) is 5.86. The number of hydrogen-bond acceptors (Lipinski definition) is 4. The lowest BCUT2D eigenvalue weighted by atomic mass is 10.2. The molecule has 0 bridgehead atoms. The number of benzene rings is 1. The third-order valence-corrected chi connectivity index (χ3v) is 3.82. The summed E-state index contributed by atoms with van der Waals surface area (Å²) in [4.78, 5) is 14.2. The van der Waals surface area contributed by atoms with Crippen LogP contribution < -0.4 is 10.3 Å². The van der Waals surface area contributed by atoms with Crippen LogP contribution >= 0.6 is 0 Å². The molecule has 7 nitrogen and oxygen atoms in total. The van der Waals surface area contributed by atoms with Crippen LogP contribution in [0.2, 0.25) is 0 Å². The normalized spacial score (nSPS) is 11.0. The number of nitrogens with zero attached hydrogens (tertiary/aromatic N) is 4. The molecular formula is C18H20N6O. The zero-order valence-corrected chi connectivity index (χ0v) is 14.4. The highest BCUT2D eigenvalue weighted by molar-refractivity contribution is 5.94. The molecule has 1 amide bonds. The molecule has 0 aliphatic rings. The summed E-state index contributed by atoms with van der Waals surface area (Å²) in [5.41, 5.74) is 6.50. The Labute approximate surface area is 146 Å². The molecule has 0 radical (unpaired) electrons. The molecule has 2 aromatic heterocycles. The summed E-state index contributed by atoms with van der Waals surface area (Å²) in [6.07, 6.45) is 3.53. The van der Waals surface area contributed by atoms with Gasteiger partial charge >= 0.3 is 0 Å². The van der Waals surface area contributed by atoms with Gasteiger partial charge in [0.15, 0.2) is 0 Å². The third-order valence-electron chi connectivity index (χ3n) is 3.82. The van der Waals surface area contributed by atoms with Gasteiger partial charge in [-0.1, -0.05) is 12.1 Å². The second kappa shape index (κ2) is 7.04. The summed E-state index contributed by atoms with van der Waals surface area (Å²) in [5, 5.41) is 10.9. The average molecular weight is 336 g/mol. The lowest BCUT2D eigenvalue weighted by molar-refractivity contribution is 0.0950. The van der Waals surface area contributed by atoms with Crippen molar-refractivity contribution in [3.63, 3.8) is 0 Å². The van der Waals surface area contributed by atoms with Gasteiger partial charge in [-0.05, 0) is 35.9 Å². The summed E-state index contributed by atoms with van der Waals surface area (Å²) in [6.45, 7) is 0. The first-order chi connectivity index (χ1) is 12.0. The molecule has 0 saturated heterocycles. The van der Waals surface area contributed by atoms with Crippen molar-refractivity contribution in [1.29, 1.82) is 0 Å². The van der Waals surface area contributed by atoms with Crippen LogP contribution in [0.5, 0.6) is 0 Å². The summed E-state index contributed by atoms with van der Waals surface area (Å²) < 4.78 is 1.94. The van der Waals surface area contributed by atoms with Crippen molar-refractivity contribution in [2.45, 2.75) is 0 Å². The average Bonchev–Trinajstić information content (AvgIpc) is 3.24. The smallest absolute Gasteiger partial charge is 0.289 e. The highest BCUT2D eigenvalue weighted by atomic mass is 16.2. The van der Waals surface area contributed by atoms with Crippen LogP contribution in [-0.2, 0) is 7.05 Å². The predicted molar refractivity (Wildman–Crippen MR) is 98.8 cm³/mol. The SMILES string of the molecule is CN(C)c1ccc(/C=N\NC(=O)c2cc(-c3cccn3C)n[nH]2)cc1. The molecule has 7 heteroatoms. The minimum absolute atomic E-state index is 0.339. The first-order valence-electron chi connectivity index (χ1n) is 7.82. The highest BCUT2D eigenvalue weighted by Crippen LogP contribution is 2.17. The summed E-state index contributed by atoms with van der Waals surface area (Å²) in [7, 11) is 5.89. The number of hydrazone groups is 1. The van der Waals surface area contributed by atoms with E-state index in [9.17, 15) is 4.79 Å². The van der Waals surface area contributed by atoms with Crippen molar-refractivity contribution in [3.8, 4) is 11.4 Å². The van der Waals surface area contributed by atoms with E-state index in [0.717, 1.165) is 16.9 Å². The van der Waals surface area contributed by atoms with Crippen molar-refractivity contribution < 1.29 is 4.79 Å². The molecule has 0 atom stereocenters. The van der Waals surface area contributed by atoms with Crippen LogP contribution in [0.25, 0.3) is 11.4 Å². The number of rotatable bonds is 5. The number of carbonyl (C=O) groups excluding carboxylic acids is 1. The second-order valence-electron chi connectivity index (χ2n) is 5.86. The first-order valence-corrected chi connectivity index (χ1v) is 7.82. The number of H-pyrrole nitrogens is 1. The predicted octanol–water partition coefficient (Wildman–Crippen LogP) is 2.25. The number of aromatic nitrogens is 3. The van der Waals surface area contributed by atoms with Gasteiger partial charge in [-0.25, -0.2) is 5.43 Å². The monoisotopic (exact) mass is 336 g/mol. The largest absolute Gasteiger partial charge is 0.378 e. The number of anilines is 1. The van der Waals surface area contributed by atoms with E-state index < -0.39 is 0 Å². The Bertz CT molecular complexity index is 888. The van der Waals surface area contributed by atoms with E-state index >= 15 is 0 Å².